The first kappa shape index (κ1) is 13.0. The van der Waals surface area contributed by atoms with Crippen LogP contribution in [0, 0.1) is 0 Å². The molecular formula is C13H14O4. The second-order valence-corrected chi connectivity index (χ2v) is 4.23. The first-order chi connectivity index (χ1) is 7.87. The molecule has 17 heavy (non-hydrogen) atoms. The van der Waals surface area contributed by atoms with Gasteiger partial charge >= 0.3 is 5.97 Å². The maximum atomic E-state index is 10.9. The molecule has 4 heteroatoms. The number of allylic oxidation sites excluding steroid dienone is 1. The van der Waals surface area contributed by atoms with Gasteiger partial charge in [-0.15, -0.1) is 0 Å². The Labute approximate surface area is 99.2 Å². The van der Waals surface area contributed by atoms with Crippen LogP contribution < -0.4 is 0 Å². The summed E-state index contributed by atoms with van der Waals surface area (Å²) in [6, 6.07) is 6.32. The fourth-order valence-corrected chi connectivity index (χ4v) is 1.54. The molecule has 0 saturated carbocycles. The van der Waals surface area contributed by atoms with Crippen molar-refractivity contribution >= 4 is 12.3 Å². The molecule has 0 heterocycles. The molecule has 1 aromatic carbocycles. The molecule has 0 aliphatic carbocycles. The largest absolute Gasteiger partial charge is 0.508 e. The summed E-state index contributed by atoms with van der Waals surface area (Å²) in [4.78, 5) is 21.6. The van der Waals surface area contributed by atoms with Crippen LogP contribution in [0.2, 0.25) is 0 Å². The van der Waals surface area contributed by atoms with Crippen molar-refractivity contribution in [3.05, 3.63) is 41.5 Å². The van der Waals surface area contributed by atoms with Crippen molar-refractivity contribution in [3.8, 4) is 5.75 Å². The molecule has 0 atom stereocenters. The van der Waals surface area contributed by atoms with E-state index in [1.165, 1.54) is 12.1 Å². The number of hydrogen-bond donors (Lipinski definition) is 2. The Morgan fingerprint density at radius 1 is 1.24 bits per heavy atom. The summed E-state index contributed by atoms with van der Waals surface area (Å²) in [6.45, 7) is 3.51. The predicted octanol–water partition coefficient (Wildman–Crippen LogP) is 1.88. The van der Waals surface area contributed by atoms with Crippen LogP contribution >= 0.6 is 0 Å². The molecule has 0 spiro atoms. The van der Waals surface area contributed by atoms with Gasteiger partial charge in [0.05, 0.1) is 0 Å². The van der Waals surface area contributed by atoms with E-state index in [9.17, 15) is 14.7 Å². The van der Waals surface area contributed by atoms with E-state index in [0.717, 1.165) is 11.6 Å². The van der Waals surface area contributed by atoms with Crippen molar-refractivity contribution in [1.82, 2.24) is 0 Å². The molecule has 0 aromatic heterocycles. The zero-order valence-corrected chi connectivity index (χ0v) is 9.68. The first-order valence-corrected chi connectivity index (χ1v) is 5.07. The zero-order valence-electron chi connectivity index (χ0n) is 9.68. The normalized spacial score (nSPS) is 12.2. The average Bonchev–Trinajstić information content (AvgIpc) is 2.26. The monoisotopic (exact) mass is 234 g/mol. The molecule has 0 aliphatic heterocycles. The third-order valence-electron chi connectivity index (χ3n) is 2.72. The highest BCUT2D eigenvalue weighted by molar-refractivity contribution is 5.90. The molecule has 0 fully saturated rings. The summed E-state index contributed by atoms with van der Waals surface area (Å²) in [7, 11) is 0. The lowest BCUT2D eigenvalue weighted by Gasteiger charge is -2.25. The number of phenolic OH excluding ortho intramolecular Hbond substituents is 1. The highest BCUT2D eigenvalue weighted by Crippen LogP contribution is 2.31. The molecule has 1 rings (SSSR count). The predicted molar refractivity (Wildman–Crippen MR) is 62.9 cm³/mol. The Hall–Kier alpha value is -2.10. The van der Waals surface area contributed by atoms with Crippen molar-refractivity contribution < 1.29 is 19.8 Å². The maximum Gasteiger partial charge on any atom is 0.328 e. The average molecular weight is 234 g/mol. The van der Waals surface area contributed by atoms with E-state index in [2.05, 4.69) is 0 Å². The van der Waals surface area contributed by atoms with Crippen LogP contribution in [0.1, 0.15) is 19.4 Å². The number of phenols is 1. The topological polar surface area (TPSA) is 74.6 Å². The third kappa shape index (κ3) is 2.93. The van der Waals surface area contributed by atoms with Gasteiger partial charge in [0.1, 0.15) is 12.0 Å². The van der Waals surface area contributed by atoms with Crippen LogP contribution in [0.25, 0.3) is 0 Å². The lowest BCUT2D eigenvalue weighted by atomic mass is 9.78. The number of rotatable bonds is 4. The van der Waals surface area contributed by atoms with Crippen LogP contribution in [0.15, 0.2) is 35.9 Å². The molecule has 0 unspecified atom stereocenters. The third-order valence-corrected chi connectivity index (χ3v) is 2.72. The van der Waals surface area contributed by atoms with Crippen LogP contribution in [0.4, 0.5) is 0 Å². The van der Waals surface area contributed by atoms with E-state index in [1.54, 1.807) is 26.0 Å². The zero-order chi connectivity index (χ0) is 13.1. The van der Waals surface area contributed by atoms with Crippen molar-refractivity contribution in [2.75, 3.05) is 0 Å². The van der Waals surface area contributed by atoms with Crippen LogP contribution in [0.5, 0.6) is 5.75 Å². The number of carbonyl (C=O) groups excluding carboxylic acids is 1. The van der Waals surface area contributed by atoms with Gasteiger partial charge in [-0.05, 0) is 17.7 Å². The molecule has 90 valence electrons. The molecule has 1 aromatic rings. The first-order valence-electron chi connectivity index (χ1n) is 5.07. The maximum absolute atomic E-state index is 10.9. The summed E-state index contributed by atoms with van der Waals surface area (Å²) in [5.74, 6) is -1.03. The highest BCUT2D eigenvalue weighted by Gasteiger charge is 2.26. The van der Waals surface area contributed by atoms with Crippen LogP contribution in [-0.4, -0.2) is 22.5 Å². The molecular weight excluding hydrogens is 220 g/mol. The van der Waals surface area contributed by atoms with Gasteiger partial charge in [0.15, 0.2) is 0 Å². The number of hydrogen-bond acceptors (Lipinski definition) is 3. The Balaban J connectivity index is 3.21. The minimum absolute atomic E-state index is 0.124. The molecule has 2 N–H and O–H groups in total. The number of aliphatic carboxylic acids is 1. The molecule has 0 aliphatic rings. The second kappa shape index (κ2) is 4.82. The Bertz CT molecular complexity index is 455. The lowest BCUT2D eigenvalue weighted by Crippen LogP contribution is -2.22. The number of carbonyl (C=O) groups is 2. The van der Waals surface area contributed by atoms with E-state index in [1.807, 2.05) is 0 Å². The number of benzene rings is 1. The summed E-state index contributed by atoms with van der Waals surface area (Å²) in [6.07, 6.45) is 1.45. The smallest absolute Gasteiger partial charge is 0.328 e. The van der Waals surface area contributed by atoms with Gasteiger partial charge in [-0.3, -0.25) is 4.79 Å². The number of carboxylic acids is 1. The molecule has 0 saturated heterocycles. The van der Waals surface area contributed by atoms with Crippen molar-refractivity contribution in [3.63, 3.8) is 0 Å². The quantitative estimate of drug-likeness (QED) is 0.616. The Morgan fingerprint density at radius 2 is 1.76 bits per heavy atom. The van der Waals surface area contributed by atoms with Gasteiger partial charge in [-0.25, -0.2) is 4.79 Å². The Kier molecular flexibility index (Phi) is 3.68. The van der Waals surface area contributed by atoms with Crippen molar-refractivity contribution in [1.29, 1.82) is 0 Å². The lowest BCUT2D eigenvalue weighted by molar-refractivity contribution is -0.131. The summed E-state index contributed by atoms with van der Waals surface area (Å²) in [5.41, 5.74) is 0.221. The molecule has 0 amide bonds. The van der Waals surface area contributed by atoms with E-state index in [4.69, 9.17) is 5.11 Å². The van der Waals surface area contributed by atoms with Crippen molar-refractivity contribution in [2.24, 2.45) is 0 Å². The summed E-state index contributed by atoms with van der Waals surface area (Å²) in [5, 5.41) is 17.9. The van der Waals surface area contributed by atoms with Gasteiger partial charge in [-0.2, -0.15) is 0 Å². The molecule has 0 bridgehead atoms. The summed E-state index contributed by atoms with van der Waals surface area (Å²) >= 11 is 0. The number of aromatic hydroxyl groups is 1. The van der Waals surface area contributed by atoms with E-state index in [-0.39, 0.29) is 11.3 Å². The second-order valence-electron chi connectivity index (χ2n) is 4.23. The Morgan fingerprint density at radius 3 is 2.18 bits per heavy atom. The van der Waals surface area contributed by atoms with Gasteiger partial charge in [-0.1, -0.05) is 26.0 Å². The van der Waals surface area contributed by atoms with Gasteiger partial charge in [0, 0.05) is 17.1 Å². The SMILES string of the molecule is CC(C)(C(C=O)=CC(=O)O)c1ccc(O)cc1. The van der Waals surface area contributed by atoms with Crippen LogP contribution in [0.3, 0.4) is 0 Å². The minimum Gasteiger partial charge on any atom is -0.508 e. The molecule has 0 radical (unpaired) electrons. The highest BCUT2D eigenvalue weighted by atomic mass is 16.4. The fraction of sp³-hybridized carbons (Fsp3) is 0.231. The van der Waals surface area contributed by atoms with E-state index in [0.29, 0.717) is 6.29 Å². The van der Waals surface area contributed by atoms with Gasteiger partial charge < -0.3 is 10.2 Å². The standard InChI is InChI=1S/C13H14O4/c1-13(2,10(8-14)7-12(16)17)9-3-5-11(15)6-4-9/h3-8,15H,1-2H3,(H,16,17). The fourth-order valence-electron chi connectivity index (χ4n) is 1.54. The van der Waals surface area contributed by atoms with E-state index < -0.39 is 11.4 Å². The van der Waals surface area contributed by atoms with E-state index >= 15 is 0 Å². The summed E-state index contributed by atoms with van der Waals surface area (Å²) < 4.78 is 0. The number of aldehydes is 1. The van der Waals surface area contributed by atoms with Crippen molar-refractivity contribution in [2.45, 2.75) is 19.3 Å². The van der Waals surface area contributed by atoms with Gasteiger partial charge in [0.25, 0.3) is 0 Å². The molecule has 4 nitrogen and oxygen atoms in total. The minimum atomic E-state index is -1.15. The number of carboxylic acid groups (broad SMARTS) is 1. The van der Waals surface area contributed by atoms with Crippen LogP contribution in [-0.2, 0) is 15.0 Å². The van der Waals surface area contributed by atoms with Gasteiger partial charge in [0.2, 0.25) is 0 Å².